The van der Waals surface area contributed by atoms with Crippen molar-refractivity contribution in [3.8, 4) is 0 Å². The molecule has 2 heterocycles. The van der Waals surface area contributed by atoms with Gasteiger partial charge in [-0.1, -0.05) is 0 Å². The molecule has 2 fully saturated rings. The van der Waals surface area contributed by atoms with Gasteiger partial charge >= 0.3 is 23.5 Å². The largest absolute Gasteiger partial charge is 0.490 e. The number of rotatable bonds is 9. The van der Waals surface area contributed by atoms with E-state index in [2.05, 4.69) is 13.1 Å². The summed E-state index contributed by atoms with van der Waals surface area (Å²) in [6.07, 6.45) is 1.63. The van der Waals surface area contributed by atoms with Crippen LogP contribution in [0.2, 0.25) is 0 Å². The molecular weight excluding hydrogens is 436 g/mol. The summed E-state index contributed by atoms with van der Waals surface area (Å²) in [4.78, 5) is 35.6. The smallest absolute Gasteiger partial charge is 0.353 e. The van der Waals surface area contributed by atoms with E-state index < -0.39 is 23.5 Å². The highest BCUT2D eigenvalue weighted by molar-refractivity contribution is 8.01. The van der Waals surface area contributed by atoms with Crippen LogP contribution in [0.15, 0.2) is 0 Å². The fourth-order valence-corrected chi connectivity index (χ4v) is 7.07. The Kier molecular flexibility index (Phi) is 8.01. The van der Waals surface area contributed by atoms with Crippen LogP contribution in [0.4, 0.5) is 0 Å². The minimum absolute atomic E-state index is 0.191. The monoisotopic (exact) mass is 456 g/mol. The van der Waals surface area contributed by atoms with Crippen LogP contribution in [-0.4, -0.2) is 63.4 Å². The summed E-state index contributed by atoms with van der Waals surface area (Å²) in [5, 5.41) is -0.171. The lowest BCUT2D eigenvalue weighted by Gasteiger charge is -2.23. The zero-order chi connectivity index (χ0) is 19.6. The lowest BCUT2D eigenvalue weighted by molar-refractivity contribution is -0.144. The summed E-state index contributed by atoms with van der Waals surface area (Å²) in [6, 6.07) is 0. The Hall–Kier alpha value is 0.745. The third kappa shape index (κ3) is 8.01. The highest BCUT2D eigenvalue weighted by Crippen LogP contribution is 2.66. The highest BCUT2D eigenvalue weighted by atomic mass is 32.2. The second kappa shape index (κ2) is 9.05. The molecule has 0 spiro atoms. The molecule has 152 valence electrons. The summed E-state index contributed by atoms with van der Waals surface area (Å²) in [7, 11) is -14.1. The van der Waals surface area contributed by atoms with Crippen molar-refractivity contribution in [2.24, 2.45) is 0 Å². The molecule has 0 radical (unpaired) electrons. The Morgan fingerprint density at radius 3 is 2.38 bits per heavy atom. The topological polar surface area (TPSA) is 178 Å². The number of thioether (sulfide) groups is 1. The van der Waals surface area contributed by atoms with Crippen molar-refractivity contribution in [2.75, 3.05) is 13.2 Å². The lowest BCUT2D eigenvalue weighted by Crippen LogP contribution is -2.30. The summed E-state index contributed by atoms with van der Waals surface area (Å²) < 4.78 is 56.9. The molecule has 2 aliphatic rings. The quantitative estimate of drug-likeness (QED) is 0.276. The van der Waals surface area contributed by atoms with Crippen molar-refractivity contribution in [2.45, 2.75) is 42.1 Å². The molecule has 0 aromatic rings. The van der Waals surface area contributed by atoms with E-state index in [-0.39, 0.29) is 29.4 Å². The van der Waals surface area contributed by atoms with E-state index in [4.69, 9.17) is 24.2 Å². The summed E-state index contributed by atoms with van der Waals surface area (Å²) >= 11 is 1.45. The number of phosphoric acid groups is 3. The average molecular weight is 456 g/mol. The van der Waals surface area contributed by atoms with Gasteiger partial charge in [0.15, 0.2) is 6.29 Å². The minimum Gasteiger partial charge on any atom is -0.353 e. The third-order valence-electron chi connectivity index (χ3n) is 3.42. The van der Waals surface area contributed by atoms with Crippen LogP contribution in [-0.2, 0) is 36.3 Å². The van der Waals surface area contributed by atoms with E-state index in [9.17, 15) is 18.6 Å². The van der Waals surface area contributed by atoms with E-state index in [1.807, 2.05) is 7.85 Å². The average Bonchev–Trinajstić information content (AvgIpc) is 3.02. The molecule has 6 unspecified atom stereocenters. The highest BCUT2D eigenvalue weighted by Gasteiger charge is 2.42. The van der Waals surface area contributed by atoms with E-state index >= 15 is 0 Å². The van der Waals surface area contributed by atoms with Crippen molar-refractivity contribution in [1.29, 1.82) is 0 Å². The Balaban J connectivity index is 1.89. The maximum atomic E-state index is 11.8. The van der Waals surface area contributed by atoms with E-state index in [1.165, 1.54) is 11.8 Å². The molecular formula is C9H20BO12P3S. The van der Waals surface area contributed by atoms with Gasteiger partial charge in [-0.25, -0.2) is 13.7 Å². The molecule has 0 aromatic carbocycles. The Bertz CT molecular complexity index is 623. The lowest BCUT2D eigenvalue weighted by atomic mass is 9.97. The second-order valence-corrected chi connectivity index (χ2v) is 11.8. The van der Waals surface area contributed by atoms with E-state index in [1.54, 1.807) is 0 Å². The second-order valence-electron chi connectivity index (χ2n) is 5.72. The molecule has 12 nitrogen and oxygen atoms in total. The van der Waals surface area contributed by atoms with Gasteiger partial charge in [0, 0.05) is 13.0 Å². The first kappa shape index (κ1) is 23.0. The van der Waals surface area contributed by atoms with E-state index in [0.29, 0.717) is 13.0 Å². The molecule has 0 amide bonds. The van der Waals surface area contributed by atoms with Gasteiger partial charge in [0.25, 0.3) is 0 Å². The van der Waals surface area contributed by atoms with Gasteiger partial charge in [0.1, 0.15) is 7.85 Å². The molecule has 26 heavy (non-hydrogen) atoms. The number of ether oxygens (including phenoxy) is 2. The zero-order valence-electron chi connectivity index (χ0n) is 13.6. The summed E-state index contributed by atoms with van der Waals surface area (Å²) in [6.45, 7) is 0.252. The Labute approximate surface area is 154 Å². The minimum atomic E-state index is -5.51. The van der Waals surface area contributed by atoms with Gasteiger partial charge in [-0.15, -0.1) is 0 Å². The predicted molar refractivity (Wildman–Crippen MR) is 92.0 cm³/mol. The van der Waals surface area contributed by atoms with Crippen LogP contribution in [0.1, 0.15) is 19.3 Å². The van der Waals surface area contributed by atoms with Gasteiger partial charge in [0.2, 0.25) is 0 Å². The number of hydrogen-bond acceptors (Lipinski definition) is 9. The van der Waals surface area contributed by atoms with Gasteiger partial charge in [-0.3, -0.25) is 4.52 Å². The molecule has 17 heteroatoms. The number of phosphoric ester groups is 1. The van der Waals surface area contributed by atoms with Crippen LogP contribution in [0.5, 0.6) is 0 Å². The fraction of sp³-hybridized carbons (Fsp3) is 1.00. The Morgan fingerprint density at radius 2 is 1.81 bits per heavy atom. The zero-order valence-corrected chi connectivity index (χ0v) is 17.1. The van der Waals surface area contributed by atoms with Crippen molar-refractivity contribution in [3.63, 3.8) is 0 Å². The fourth-order valence-electron chi connectivity index (χ4n) is 2.53. The van der Waals surface area contributed by atoms with Crippen LogP contribution >= 0.6 is 35.2 Å². The van der Waals surface area contributed by atoms with Crippen LogP contribution in [0, 0.1) is 0 Å². The molecule has 2 aliphatic heterocycles. The van der Waals surface area contributed by atoms with Gasteiger partial charge in [-0.05, 0) is 18.0 Å². The normalized spacial score (nSPS) is 34.5. The standard InChI is InChI=1S/C9H20BO12P3S/c10-8-4-6(20-9-2-1-3-18-9)7(26-8)5-19-24(14,15)22-25(16,17)21-23(11,12)13/h6-9H,1-5,10H2,(H,14,15)(H,16,17)(H2,11,12,13). The molecule has 0 saturated carbocycles. The van der Waals surface area contributed by atoms with Crippen molar-refractivity contribution >= 4 is 43.1 Å². The molecule has 0 bridgehead atoms. The van der Waals surface area contributed by atoms with Crippen LogP contribution in [0.25, 0.3) is 0 Å². The third-order valence-corrected chi connectivity index (χ3v) is 8.67. The first-order valence-electron chi connectivity index (χ1n) is 7.56. The van der Waals surface area contributed by atoms with Crippen molar-refractivity contribution in [3.05, 3.63) is 0 Å². The number of hydrogen-bond donors (Lipinski definition) is 4. The van der Waals surface area contributed by atoms with Gasteiger partial charge in [0.05, 0.1) is 18.0 Å². The van der Waals surface area contributed by atoms with E-state index in [0.717, 1.165) is 12.8 Å². The maximum absolute atomic E-state index is 11.8. The molecule has 6 atom stereocenters. The molecule has 4 N–H and O–H groups in total. The predicted octanol–water partition coefficient (Wildman–Crippen LogP) is 0.316. The van der Waals surface area contributed by atoms with Crippen LogP contribution < -0.4 is 0 Å². The van der Waals surface area contributed by atoms with Crippen molar-refractivity contribution in [1.82, 2.24) is 0 Å². The first-order chi connectivity index (χ1) is 11.9. The molecule has 0 aromatic heterocycles. The molecule has 0 aliphatic carbocycles. The maximum Gasteiger partial charge on any atom is 0.490 e. The van der Waals surface area contributed by atoms with Gasteiger partial charge in [-0.2, -0.15) is 20.4 Å². The molecule has 2 rings (SSSR count). The summed E-state index contributed by atoms with van der Waals surface area (Å²) in [5.41, 5.74) is 0. The summed E-state index contributed by atoms with van der Waals surface area (Å²) in [5.74, 6) is 0. The van der Waals surface area contributed by atoms with Crippen molar-refractivity contribution < 1.29 is 55.9 Å². The van der Waals surface area contributed by atoms with Gasteiger partial charge < -0.3 is 29.0 Å². The SMILES string of the molecule is BC1CC(OC2CCCO2)C(COP(=O)(O)OP(=O)(O)OP(=O)(O)O)S1. The van der Waals surface area contributed by atoms with Crippen LogP contribution in [0.3, 0.4) is 0 Å². The Morgan fingerprint density at radius 1 is 1.12 bits per heavy atom. The first-order valence-corrected chi connectivity index (χ1v) is 13.0. The molecule has 2 saturated heterocycles.